The first-order valence-electron chi connectivity index (χ1n) is 12.2. The molecule has 0 unspecified atom stereocenters. The molecular weight excluding hydrogens is 476 g/mol. The first-order chi connectivity index (χ1) is 18.6. The summed E-state index contributed by atoms with van der Waals surface area (Å²) in [5.41, 5.74) is 6.21. The van der Waals surface area contributed by atoms with E-state index in [2.05, 4.69) is 20.3 Å². The van der Waals surface area contributed by atoms with Crippen LogP contribution in [0, 0.1) is 6.92 Å². The van der Waals surface area contributed by atoms with Crippen LogP contribution in [-0.4, -0.2) is 23.0 Å². The molecule has 0 aliphatic carbocycles. The lowest BCUT2D eigenvalue weighted by Gasteiger charge is -2.09. The van der Waals surface area contributed by atoms with Crippen LogP contribution in [0.2, 0.25) is 0 Å². The molecule has 186 valence electrons. The summed E-state index contributed by atoms with van der Waals surface area (Å²) < 4.78 is 11.6. The van der Waals surface area contributed by atoms with Gasteiger partial charge in [0.15, 0.2) is 11.3 Å². The highest BCUT2D eigenvalue weighted by Gasteiger charge is 2.15. The van der Waals surface area contributed by atoms with Crippen LogP contribution in [0.4, 0.5) is 11.4 Å². The Hall–Kier alpha value is -5.17. The van der Waals surface area contributed by atoms with Crippen molar-refractivity contribution >= 4 is 39.3 Å². The van der Waals surface area contributed by atoms with Gasteiger partial charge < -0.3 is 19.5 Å². The molecule has 4 aromatic carbocycles. The molecule has 0 aliphatic rings. The van der Waals surface area contributed by atoms with Crippen LogP contribution in [0.5, 0.6) is 5.75 Å². The highest BCUT2D eigenvalue weighted by molar-refractivity contribution is 6.05. The van der Waals surface area contributed by atoms with E-state index in [4.69, 9.17) is 9.15 Å². The van der Waals surface area contributed by atoms with Crippen molar-refractivity contribution in [1.29, 1.82) is 0 Å². The fraction of sp³-hybridized carbons (Fsp3) is 0.0645. The van der Waals surface area contributed by atoms with Crippen molar-refractivity contribution in [1.82, 2.24) is 9.97 Å². The number of H-pyrrole nitrogens is 1. The van der Waals surface area contributed by atoms with E-state index in [0.717, 1.165) is 33.4 Å². The molecule has 0 atom stereocenters. The molecule has 1 amide bonds. The molecule has 0 saturated heterocycles. The monoisotopic (exact) mass is 500 g/mol. The van der Waals surface area contributed by atoms with Crippen LogP contribution in [0.25, 0.3) is 33.4 Å². The molecule has 0 aliphatic heterocycles. The number of carbonyl (C=O) groups excluding carboxylic acids is 1. The Morgan fingerprint density at radius 2 is 1.76 bits per heavy atom. The maximum absolute atomic E-state index is 13.5. The van der Waals surface area contributed by atoms with E-state index in [0.29, 0.717) is 28.3 Å². The molecule has 0 spiro atoms. The van der Waals surface area contributed by atoms with Gasteiger partial charge in [-0.1, -0.05) is 36.4 Å². The summed E-state index contributed by atoms with van der Waals surface area (Å²) in [7, 11) is 1.58. The molecule has 7 heteroatoms. The molecular formula is C31H24N4O3. The van der Waals surface area contributed by atoms with Crippen molar-refractivity contribution in [2.75, 3.05) is 12.4 Å². The third kappa shape index (κ3) is 4.53. The van der Waals surface area contributed by atoms with E-state index < -0.39 is 0 Å². The van der Waals surface area contributed by atoms with Crippen molar-refractivity contribution in [3.63, 3.8) is 0 Å². The Bertz CT molecular complexity index is 1830. The third-order valence-corrected chi connectivity index (χ3v) is 6.24. The van der Waals surface area contributed by atoms with Gasteiger partial charge in [-0.2, -0.15) is 0 Å². The lowest BCUT2D eigenvalue weighted by molar-refractivity contribution is 0.102. The number of aryl methyl sites for hydroxylation is 1. The number of carbonyl (C=O) groups is 1. The SMILES string of the molecule is COc1cccc2cc(C(=O)Nc3ccc(-c4nc5ccccc5[nH]4)cc3)c(=Nc3cccc(C)c3)oc12. The van der Waals surface area contributed by atoms with E-state index in [9.17, 15) is 4.79 Å². The van der Waals surface area contributed by atoms with Gasteiger partial charge in [-0.05, 0) is 73.2 Å². The van der Waals surface area contributed by atoms with Crippen LogP contribution < -0.4 is 15.6 Å². The number of benzene rings is 4. The average Bonchev–Trinajstić information content (AvgIpc) is 3.37. The summed E-state index contributed by atoms with van der Waals surface area (Å²) in [4.78, 5) is 26.1. The van der Waals surface area contributed by atoms with Gasteiger partial charge in [-0.15, -0.1) is 0 Å². The maximum atomic E-state index is 13.5. The van der Waals surface area contributed by atoms with Gasteiger partial charge >= 0.3 is 0 Å². The number of imidazole rings is 1. The zero-order valence-electron chi connectivity index (χ0n) is 20.9. The van der Waals surface area contributed by atoms with E-state index >= 15 is 0 Å². The van der Waals surface area contributed by atoms with E-state index in [-0.39, 0.29) is 11.5 Å². The third-order valence-electron chi connectivity index (χ3n) is 6.24. The largest absolute Gasteiger partial charge is 0.493 e. The van der Waals surface area contributed by atoms with Gasteiger partial charge in [-0.25, -0.2) is 9.98 Å². The lowest BCUT2D eigenvalue weighted by atomic mass is 10.1. The normalized spacial score (nSPS) is 11.7. The Kier molecular flexibility index (Phi) is 5.94. The van der Waals surface area contributed by atoms with Crippen LogP contribution in [-0.2, 0) is 0 Å². The van der Waals surface area contributed by atoms with Crippen LogP contribution in [0.1, 0.15) is 15.9 Å². The van der Waals surface area contributed by atoms with Crippen LogP contribution in [0.3, 0.4) is 0 Å². The minimum absolute atomic E-state index is 0.198. The number of aromatic nitrogens is 2. The predicted octanol–water partition coefficient (Wildman–Crippen LogP) is 6.78. The number of rotatable bonds is 5. The molecule has 0 radical (unpaired) electrons. The number of ether oxygens (including phenoxy) is 1. The van der Waals surface area contributed by atoms with Crippen LogP contribution >= 0.6 is 0 Å². The molecule has 2 N–H and O–H groups in total. The van der Waals surface area contributed by atoms with Gasteiger partial charge in [0.25, 0.3) is 5.91 Å². The number of methoxy groups -OCH3 is 1. The first-order valence-corrected chi connectivity index (χ1v) is 12.2. The number of nitrogens with one attached hydrogen (secondary N) is 2. The molecule has 2 aromatic heterocycles. The van der Waals surface area contributed by atoms with Gasteiger partial charge in [-0.3, -0.25) is 4.79 Å². The van der Waals surface area contributed by atoms with Crippen LogP contribution in [0.15, 0.2) is 106 Å². The maximum Gasteiger partial charge on any atom is 0.261 e. The number of amides is 1. The first kappa shape index (κ1) is 23.2. The average molecular weight is 501 g/mol. The minimum atomic E-state index is -0.332. The molecule has 6 aromatic rings. The van der Waals surface area contributed by atoms with Gasteiger partial charge in [0.2, 0.25) is 5.55 Å². The second-order valence-corrected chi connectivity index (χ2v) is 8.93. The Morgan fingerprint density at radius 1 is 0.947 bits per heavy atom. The molecule has 7 nitrogen and oxygen atoms in total. The zero-order chi connectivity index (χ0) is 26.1. The number of hydrogen-bond donors (Lipinski definition) is 2. The van der Waals surface area contributed by atoms with Crippen molar-refractivity contribution in [2.24, 2.45) is 4.99 Å². The number of nitrogens with zero attached hydrogens (tertiary/aromatic N) is 2. The number of para-hydroxylation sites is 3. The van der Waals surface area contributed by atoms with Crippen molar-refractivity contribution in [3.05, 3.63) is 114 Å². The second-order valence-electron chi connectivity index (χ2n) is 8.93. The van der Waals surface area contributed by atoms with E-state index in [1.54, 1.807) is 13.2 Å². The second kappa shape index (κ2) is 9.71. The molecule has 0 saturated carbocycles. The number of hydrogen-bond acceptors (Lipinski definition) is 5. The Morgan fingerprint density at radius 3 is 2.55 bits per heavy atom. The summed E-state index contributed by atoms with van der Waals surface area (Å²) in [6, 6.07) is 30.4. The summed E-state index contributed by atoms with van der Waals surface area (Å²) in [6.45, 7) is 1.99. The molecule has 6 rings (SSSR count). The Labute approximate surface area is 218 Å². The molecule has 0 bridgehead atoms. The Balaban J connectivity index is 1.36. The van der Waals surface area contributed by atoms with Crippen molar-refractivity contribution < 1.29 is 13.9 Å². The predicted molar refractivity (Wildman–Crippen MR) is 149 cm³/mol. The van der Waals surface area contributed by atoms with E-state index in [1.165, 1.54) is 0 Å². The number of aromatic amines is 1. The fourth-order valence-electron chi connectivity index (χ4n) is 4.35. The number of fused-ring (bicyclic) bond motifs is 2. The van der Waals surface area contributed by atoms with Crippen molar-refractivity contribution in [2.45, 2.75) is 6.92 Å². The van der Waals surface area contributed by atoms with Gasteiger partial charge in [0.1, 0.15) is 11.4 Å². The highest BCUT2D eigenvalue weighted by atomic mass is 16.5. The molecule has 0 fully saturated rings. The van der Waals surface area contributed by atoms with Crippen molar-refractivity contribution in [3.8, 4) is 17.1 Å². The van der Waals surface area contributed by atoms with Gasteiger partial charge in [0, 0.05) is 16.6 Å². The smallest absolute Gasteiger partial charge is 0.261 e. The summed E-state index contributed by atoms with van der Waals surface area (Å²) in [6.07, 6.45) is 0. The van der Waals surface area contributed by atoms with E-state index in [1.807, 2.05) is 97.9 Å². The lowest BCUT2D eigenvalue weighted by Crippen LogP contribution is -2.21. The fourth-order valence-corrected chi connectivity index (χ4v) is 4.35. The summed E-state index contributed by atoms with van der Waals surface area (Å²) in [5, 5.41) is 3.71. The molecule has 38 heavy (non-hydrogen) atoms. The topological polar surface area (TPSA) is 92.5 Å². The summed E-state index contributed by atoms with van der Waals surface area (Å²) in [5.74, 6) is 1.00. The molecule has 2 heterocycles. The van der Waals surface area contributed by atoms with Gasteiger partial charge in [0.05, 0.1) is 23.8 Å². The standard InChI is InChI=1S/C31H24N4O3/c1-19-7-5-9-23(17-19)33-31-24(18-21-8-6-12-27(37-2)28(21)38-31)30(36)32-22-15-13-20(14-16-22)29-34-25-10-3-4-11-26(25)35-29/h3-18H,1-2H3,(H,32,36)(H,34,35). The minimum Gasteiger partial charge on any atom is -0.493 e. The highest BCUT2D eigenvalue weighted by Crippen LogP contribution is 2.26. The number of anilines is 1. The zero-order valence-corrected chi connectivity index (χ0v) is 20.9. The summed E-state index contributed by atoms with van der Waals surface area (Å²) >= 11 is 0. The quantitative estimate of drug-likeness (QED) is 0.273.